The molecule has 2 aromatic carbocycles. The highest BCUT2D eigenvalue weighted by atomic mass is 16.5. The van der Waals surface area contributed by atoms with E-state index in [-0.39, 0.29) is 43.7 Å². The number of rotatable bonds is 9. The molecule has 1 fully saturated rings. The molecular weight excluding hydrogens is 638 g/mol. The van der Waals surface area contributed by atoms with Gasteiger partial charge in [0.25, 0.3) is 0 Å². The van der Waals surface area contributed by atoms with Crippen molar-refractivity contribution >= 4 is 40.6 Å². The summed E-state index contributed by atoms with van der Waals surface area (Å²) in [6, 6.07) is 11.3. The minimum atomic E-state index is -1.04. The summed E-state index contributed by atoms with van der Waals surface area (Å²) < 4.78 is 7.22. The second-order valence-corrected chi connectivity index (χ2v) is 13.8. The molecule has 0 radical (unpaired) electrons. The fourth-order valence-electron chi connectivity index (χ4n) is 6.04. The lowest BCUT2D eigenvalue weighted by Gasteiger charge is -2.31. The molecule has 2 heterocycles. The van der Waals surface area contributed by atoms with E-state index in [1.54, 1.807) is 38.3 Å². The van der Waals surface area contributed by atoms with Crippen LogP contribution in [0.4, 0.5) is 0 Å². The van der Waals surface area contributed by atoms with Gasteiger partial charge in [-0.2, -0.15) is 0 Å². The lowest BCUT2D eigenvalue weighted by atomic mass is 10.0. The van der Waals surface area contributed by atoms with Crippen molar-refractivity contribution in [3.63, 3.8) is 0 Å². The van der Waals surface area contributed by atoms with Gasteiger partial charge in [-0.15, -0.1) is 0 Å². The van der Waals surface area contributed by atoms with Crippen LogP contribution in [0.15, 0.2) is 48.5 Å². The molecule has 3 aromatic rings. The van der Waals surface area contributed by atoms with Gasteiger partial charge in [-0.1, -0.05) is 52.0 Å². The number of fused-ring (bicyclic) bond motifs is 1. The molecule has 4 atom stereocenters. The van der Waals surface area contributed by atoms with Crippen molar-refractivity contribution in [1.29, 1.82) is 0 Å². The van der Waals surface area contributed by atoms with Crippen LogP contribution in [0.2, 0.25) is 0 Å². The Balaban J connectivity index is 1.62. The third kappa shape index (κ3) is 10.1. The van der Waals surface area contributed by atoms with E-state index in [0.29, 0.717) is 18.7 Å². The first-order chi connectivity index (χ1) is 23.7. The van der Waals surface area contributed by atoms with Gasteiger partial charge < -0.3 is 35.5 Å². The Morgan fingerprint density at radius 2 is 1.58 bits per heavy atom. The number of nitrogens with zero attached hydrogens (tertiary/aromatic N) is 3. The molecule has 4 rings (SSSR count). The normalized spacial score (nSPS) is 21.3. The Bertz CT molecular complexity index is 1670. The van der Waals surface area contributed by atoms with E-state index in [0.717, 1.165) is 22.4 Å². The fourth-order valence-corrected chi connectivity index (χ4v) is 6.04. The van der Waals surface area contributed by atoms with Gasteiger partial charge in [0.1, 0.15) is 29.7 Å². The van der Waals surface area contributed by atoms with Crippen LogP contribution in [-0.2, 0) is 36.9 Å². The first kappa shape index (κ1) is 37.9. The van der Waals surface area contributed by atoms with Gasteiger partial charge in [0.05, 0.1) is 24.7 Å². The molecule has 13 nitrogen and oxygen atoms in total. The maximum absolute atomic E-state index is 13.9. The topological polar surface area (TPSA) is 164 Å². The molecule has 5 amide bonds. The van der Waals surface area contributed by atoms with E-state index < -0.39 is 47.8 Å². The second-order valence-electron chi connectivity index (χ2n) is 13.8. The quantitative estimate of drug-likeness (QED) is 0.268. The van der Waals surface area contributed by atoms with Gasteiger partial charge in [0, 0.05) is 32.0 Å². The Kier molecular flexibility index (Phi) is 13.0. The summed E-state index contributed by atoms with van der Waals surface area (Å²) in [6.07, 6.45) is 0.532. The predicted molar refractivity (Wildman–Crippen MR) is 190 cm³/mol. The van der Waals surface area contributed by atoms with Crippen LogP contribution >= 0.6 is 0 Å². The van der Waals surface area contributed by atoms with E-state index in [1.807, 2.05) is 63.5 Å². The highest BCUT2D eigenvalue weighted by Crippen LogP contribution is 2.17. The first-order valence-corrected chi connectivity index (χ1v) is 17.3. The highest BCUT2D eigenvalue weighted by molar-refractivity contribution is 5.95. The van der Waals surface area contributed by atoms with Crippen molar-refractivity contribution < 1.29 is 28.7 Å². The van der Waals surface area contributed by atoms with Gasteiger partial charge in [-0.3, -0.25) is 24.0 Å². The Labute approximate surface area is 293 Å². The minimum Gasteiger partial charge on any atom is -0.497 e. The van der Waals surface area contributed by atoms with Crippen LogP contribution in [0.3, 0.4) is 0 Å². The van der Waals surface area contributed by atoms with Crippen LogP contribution in [0.1, 0.15) is 58.8 Å². The number of methoxy groups -OCH3 is 1. The van der Waals surface area contributed by atoms with Crippen molar-refractivity contribution in [2.45, 2.75) is 91.5 Å². The van der Waals surface area contributed by atoms with Crippen molar-refractivity contribution in [3.05, 3.63) is 59.9 Å². The van der Waals surface area contributed by atoms with E-state index in [1.165, 1.54) is 4.90 Å². The number of benzene rings is 2. The summed E-state index contributed by atoms with van der Waals surface area (Å²) >= 11 is 0. The number of carbonyl (C=O) groups is 5. The standard InChI is InChI=1S/C37H51N7O6/c1-22(2)18-29-37(49)41-30(19-26-12-14-27(50-7)15-13-26)36(48)38-24(5)35(47)42-31(23(3)4)20-43(21-33(45)40-29)34(46)16-17-44-25(6)39-28-10-8-9-11-32(28)44/h8-15,22-24,29-31H,16-21H2,1-7H3,(H,38,48)(H,40,45)(H,41,49)(H,42,47)/t24-,29+,30+,31-/m1/s1. The maximum atomic E-state index is 13.9. The number of aromatic nitrogens is 2. The number of hydrogen-bond donors (Lipinski definition) is 4. The zero-order valence-corrected chi connectivity index (χ0v) is 30.1. The number of amides is 5. The average Bonchev–Trinajstić information content (AvgIpc) is 3.39. The van der Waals surface area contributed by atoms with Gasteiger partial charge in [0.15, 0.2) is 0 Å². The minimum absolute atomic E-state index is 0.0279. The number of carbonyl (C=O) groups excluding carboxylic acids is 5. The molecule has 1 aliphatic heterocycles. The summed E-state index contributed by atoms with van der Waals surface area (Å²) in [5.41, 5.74) is 2.50. The molecule has 0 bridgehead atoms. The summed E-state index contributed by atoms with van der Waals surface area (Å²) in [7, 11) is 1.56. The summed E-state index contributed by atoms with van der Waals surface area (Å²) in [6.45, 7) is 11.2. The summed E-state index contributed by atoms with van der Waals surface area (Å²) in [5, 5.41) is 11.4. The average molecular weight is 690 g/mol. The lowest BCUT2D eigenvalue weighted by Crippen LogP contribution is -2.57. The van der Waals surface area contributed by atoms with Gasteiger partial charge in [-0.25, -0.2) is 4.98 Å². The van der Waals surface area contributed by atoms with Crippen molar-refractivity contribution in [2.24, 2.45) is 11.8 Å². The molecule has 1 saturated heterocycles. The van der Waals surface area contributed by atoms with Crippen LogP contribution in [0, 0.1) is 18.8 Å². The van der Waals surface area contributed by atoms with Crippen molar-refractivity contribution in [2.75, 3.05) is 20.2 Å². The predicted octanol–water partition coefficient (Wildman–Crippen LogP) is 2.49. The van der Waals surface area contributed by atoms with Gasteiger partial charge in [-0.05, 0) is 61.9 Å². The molecule has 1 aliphatic rings. The third-order valence-electron chi connectivity index (χ3n) is 8.97. The number of ether oxygens (including phenoxy) is 1. The molecule has 13 heteroatoms. The third-order valence-corrected chi connectivity index (χ3v) is 8.97. The Morgan fingerprint density at radius 3 is 2.24 bits per heavy atom. The number of imidazole rings is 1. The molecule has 0 unspecified atom stereocenters. The number of aryl methyl sites for hydroxylation is 2. The number of nitrogens with one attached hydrogen (secondary N) is 4. The molecule has 50 heavy (non-hydrogen) atoms. The van der Waals surface area contributed by atoms with E-state index in [4.69, 9.17) is 4.74 Å². The van der Waals surface area contributed by atoms with Crippen LogP contribution in [0.25, 0.3) is 11.0 Å². The van der Waals surface area contributed by atoms with E-state index >= 15 is 0 Å². The highest BCUT2D eigenvalue weighted by Gasteiger charge is 2.32. The monoisotopic (exact) mass is 689 g/mol. The van der Waals surface area contributed by atoms with E-state index in [9.17, 15) is 24.0 Å². The van der Waals surface area contributed by atoms with Gasteiger partial charge >= 0.3 is 0 Å². The maximum Gasteiger partial charge on any atom is 0.243 e. The molecule has 4 N–H and O–H groups in total. The number of para-hydroxylation sites is 2. The molecule has 0 aliphatic carbocycles. The fraction of sp³-hybridized carbons (Fsp3) is 0.514. The Morgan fingerprint density at radius 1 is 0.900 bits per heavy atom. The number of hydrogen-bond acceptors (Lipinski definition) is 7. The SMILES string of the molecule is COc1ccc(C[C@@H]2NC(=O)[C@H](CC(C)C)NC(=O)CN(C(=O)CCn3c(C)nc4ccccc43)C[C@H](C(C)C)NC(=O)[C@@H](C)NC2=O)cc1. The van der Waals surface area contributed by atoms with Crippen LogP contribution in [-0.4, -0.2) is 88.4 Å². The zero-order valence-electron chi connectivity index (χ0n) is 30.1. The Hall–Kier alpha value is -4.94. The zero-order chi connectivity index (χ0) is 36.5. The molecular formula is C37H51N7O6. The van der Waals surface area contributed by atoms with Crippen molar-refractivity contribution in [3.8, 4) is 5.75 Å². The smallest absolute Gasteiger partial charge is 0.243 e. The molecule has 0 saturated carbocycles. The largest absolute Gasteiger partial charge is 0.497 e. The van der Waals surface area contributed by atoms with Crippen LogP contribution in [0.5, 0.6) is 5.75 Å². The summed E-state index contributed by atoms with van der Waals surface area (Å²) in [4.78, 5) is 74.4. The molecule has 1 aromatic heterocycles. The van der Waals surface area contributed by atoms with Crippen LogP contribution < -0.4 is 26.0 Å². The van der Waals surface area contributed by atoms with Crippen molar-refractivity contribution in [1.82, 2.24) is 35.7 Å². The molecule has 0 spiro atoms. The second kappa shape index (κ2) is 17.1. The lowest BCUT2D eigenvalue weighted by molar-refractivity contribution is -0.138. The van der Waals surface area contributed by atoms with Gasteiger partial charge in [0.2, 0.25) is 29.5 Å². The summed E-state index contributed by atoms with van der Waals surface area (Å²) in [5.74, 6) is -0.998. The molecule has 270 valence electrons. The van der Waals surface area contributed by atoms with E-state index in [2.05, 4.69) is 26.3 Å². The first-order valence-electron chi connectivity index (χ1n) is 17.3.